The molecule has 2 heterocycles. The average Bonchev–Trinajstić information content (AvgIpc) is 2.93. The first-order valence-electron chi connectivity index (χ1n) is 8.53. The maximum Gasteiger partial charge on any atom is 0.253 e. The molecular weight excluding hydrogens is 290 g/mol. The summed E-state index contributed by atoms with van der Waals surface area (Å²) in [4.78, 5) is 16.7. The summed E-state index contributed by atoms with van der Waals surface area (Å²) in [5.41, 5.74) is 7.88. The average molecular weight is 317 g/mol. The van der Waals surface area contributed by atoms with Gasteiger partial charge in [0.05, 0.1) is 12.2 Å². The van der Waals surface area contributed by atoms with Crippen LogP contribution in [0, 0.1) is 0 Å². The standard InChI is InChI=1S/C18H27N3O2/c1-13-9-20(10-14(2)23-13)11-15-3-5-16(6-4-15)18(22)21-8-7-17(19)12-21/h3-6,13-14,17H,7-12,19H2,1-2H3/t13-,14+,17-/m0/s1. The molecule has 1 aromatic rings. The van der Waals surface area contributed by atoms with Crippen LogP contribution in [0.15, 0.2) is 24.3 Å². The van der Waals surface area contributed by atoms with Crippen molar-refractivity contribution >= 4 is 5.91 Å². The van der Waals surface area contributed by atoms with Crippen LogP contribution in [0.5, 0.6) is 0 Å². The predicted octanol–water partition coefficient (Wildman–Crippen LogP) is 1.47. The number of hydrogen-bond donors (Lipinski definition) is 1. The molecule has 1 amide bonds. The van der Waals surface area contributed by atoms with Crippen molar-refractivity contribution < 1.29 is 9.53 Å². The number of carbonyl (C=O) groups excluding carboxylic acids is 1. The molecule has 0 saturated carbocycles. The largest absolute Gasteiger partial charge is 0.373 e. The van der Waals surface area contributed by atoms with Crippen molar-refractivity contribution in [2.75, 3.05) is 26.2 Å². The highest BCUT2D eigenvalue weighted by atomic mass is 16.5. The minimum Gasteiger partial charge on any atom is -0.373 e. The third-order valence-electron chi connectivity index (χ3n) is 4.61. The normalized spacial score (nSPS) is 29.0. The number of benzene rings is 1. The fourth-order valence-electron chi connectivity index (χ4n) is 3.58. The monoisotopic (exact) mass is 317 g/mol. The molecule has 2 N–H and O–H groups in total. The Morgan fingerprint density at radius 1 is 1.17 bits per heavy atom. The summed E-state index contributed by atoms with van der Waals surface area (Å²) in [5, 5.41) is 0. The number of carbonyl (C=O) groups is 1. The molecule has 5 heteroatoms. The molecule has 0 aromatic heterocycles. The zero-order valence-corrected chi connectivity index (χ0v) is 14.1. The van der Waals surface area contributed by atoms with Gasteiger partial charge in [0, 0.05) is 44.3 Å². The lowest BCUT2D eigenvalue weighted by molar-refractivity contribution is -0.0704. The molecule has 0 unspecified atom stereocenters. The molecule has 2 fully saturated rings. The second-order valence-corrected chi connectivity index (χ2v) is 6.95. The van der Waals surface area contributed by atoms with E-state index in [0.717, 1.165) is 38.2 Å². The lowest BCUT2D eigenvalue weighted by atomic mass is 10.1. The summed E-state index contributed by atoms with van der Waals surface area (Å²) < 4.78 is 5.77. The van der Waals surface area contributed by atoms with Crippen molar-refractivity contribution in [3.63, 3.8) is 0 Å². The molecule has 2 aliphatic heterocycles. The number of hydrogen-bond acceptors (Lipinski definition) is 4. The smallest absolute Gasteiger partial charge is 0.253 e. The van der Waals surface area contributed by atoms with E-state index in [1.165, 1.54) is 5.56 Å². The van der Waals surface area contributed by atoms with Crippen molar-refractivity contribution in [1.29, 1.82) is 0 Å². The SMILES string of the molecule is C[C@@H]1CN(Cc2ccc(C(=O)N3CC[C@H](N)C3)cc2)C[C@H](C)O1. The molecule has 3 atom stereocenters. The van der Waals surface area contributed by atoms with Gasteiger partial charge in [-0.15, -0.1) is 0 Å². The van der Waals surface area contributed by atoms with Gasteiger partial charge in [0.1, 0.15) is 0 Å². The van der Waals surface area contributed by atoms with Crippen LogP contribution in [0.2, 0.25) is 0 Å². The minimum atomic E-state index is 0.0955. The van der Waals surface area contributed by atoms with E-state index in [-0.39, 0.29) is 24.2 Å². The summed E-state index contributed by atoms with van der Waals surface area (Å²) in [5.74, 6) is 0.0955. The zero-order valence-electron chi connectivity index (χ0n) is 14.1. The Kier molecular flexibility index (Phi) is 4.99. The number of morpholine rings is 1. The molecule has 2 saturated heterocycles. The third-order valence-corrected chi connectivity index (χ3v) is 4.61. The predicted molar refractivity (Wildman–Crippen MR) is 90.2 cm³/mol. The van der Waals surface area contributed by atoms with Gasteiger partial charge in [-0.25, -0.2) is 0 Å². The summed E-state index contributed by atoms with van der Waals surface area (Å²) in [6.45, 7) is 8.49. The first-order chi connectivity index (χ1) is 11.0. The minimum absolute atomic E-state index is 0.0955. The lowest BCUT2D eigenvalue weighted by Crippen LogP contribution is -2.44. The Balaban J connectivity index is 1.59. The fourth-order valence-corrected chi connectivity index (χ4v) is 3.58. The van der Waals surface area contributed by atoms with Gasteiger partial charge in [0.25, 0.3) is 5.91 Å². The van der Waals surface area contributed by atoms with Gasteiger partial charge >= 0.3 is 0 Å². The van der Waals surface area contributed by atoms with Crippen LogP contribution < -0.4 is 5.73 Å². The first-order valence-corrected chi connectivity index (χ1v) is 8.53. The van der Waals surface area contributed by atoms with Crippen LogP contribution in [0.3, 0.4) is 0 Å². The molecule has 0 spiro atoms. The summed E-state index contributed by atoms with van der Waals surface area (Å²) >= 11 is 0. The quantitative estimate of drug-likeness (QED) is 0.917. The van der Waals surface area contributed by atoms with E-state index >= 15 is 0 Å². The molecule has 2 aliphatic rings. The van der Waals surface area contributed by atoms with Gasteiger partial charge in [0.15, 0.2) is 0 Å². The molecule has 1 aromatic carbocycles. The number of nitrogens with two attached hydrogens (primary N) is 1. The Bertz CT molecular complexity index is 536. The van der Waals surface area contributed by atoms with Crippen LogP contribution in [0.25, 0.3) is 0 Å². The second-order valence-electron chi connectivity index (χ2n) is 6.95. The van der Waals surface area contributed by atoms with Crippen LogP contribution in [-0.2, 0) is 11.3 Å². The Labute approximate surface area is 138 Å². The van der Waals surface area contributed by atoms with Crippen molar-refractivity contribution in [2.45, 2.75) is 45.1 Å². The van der Waals surface area contributed by atoms with E-state index in [4.69, 9.17) is 10.5 Å². The van der Waals surface area contributed by atoms with E-state index in [2.05, 4.69) is 30.9 Å². The maximum absolute atomic E-state index is 12.4. The van der Waals surface area contributed by atoms with Gasteiger partial charge in [-0.1, -0.05) is 12.1 Å². The van der Waals surface area contributed by atoms with E-state index in [0.29, 0.717) is 6.54 Å². The molecule has 0 radical (unpaired) electrons. The van der Waals surface area contributed by atoms with Crippen molar-refractivity contribution in [3.8, 4) is 0 Å². The highest BCUT2D eigenvalue weighted by Gasteiger charge is 2.25. The Morgan fingerprint density at radius 3 is 2.39 bits per heavy atom. The zero-order chi connectivity index (χ0) is 16.4. The number of rotatable bonds is 3. The summed E-state index contributed by atoms with van der Waals surface area (Å²) in [7, 11) is 0. The number of nitrogens with zero attached hydrogens (tertiary/aromatic N) is 2. The van der Waals surface area contributed by atoms with Crippen molar-refractivity contribution in [1.82, 2.24) is 9.80 Å². The lowest BCUT2D eigenvalue weighted by Gasteiger charge is -2.35. The van der Waals surface area contributed by atoms with Crippen molar-refractivity contribution in [3.05, 3.63) is 35.4 Å². The molecule has 23 heavy (non-hydrogen) atoms. The fraction of sp³-hybridized carbons (Fsp3) is 0.611. The third kappa shape index (κ3) is 4.10. The van der Waals surface area contributed by atoms with Gasteiger partial charge in [-0.3, -0.25) is 9.69 Å². The number of likely N-dealkylation sites (tertiary alicyclic amines) is 1. The van der Waals surface area contributed by atoms with E-state index in [1.807, 2.05) is 17.0 Å². The maximum atomic E-state index is 12.4. The molecule has 126 valence electrons. The molecule has 3 rings (SSSR count). The van der Waals surface area contributed by atoms with Gasteiger partial charge in [-0.05, 0) is 38.0 Å². The van der Waals surface area contributed by atoms with Crippen LogP contribution in [0.1, 0.15) is 36.2 Å². The molecular formula is C18H27N3O2. The van der Waals surface area contributed by atoms with Crippen LogP contribution in [0.4, 0.5) is 0 Å². The molecule has 0 bridgehead atoms. The van der Waals surface area contributed by atoms with E-state index in [1.54, 1.807) is 0 Å². The summed E-state index contributed by atoms with van der Waals surface area (Å²) in [6.07, 6.45) is 1.45. The highest BCUT2D eigenvalue weighted by Crippen LogP contribution is 2.16. The van der Waals surface area contributed by atoms with Gasteiger partial charge in [0.2, 0.25) is 0 Å². The van der Waals surface area contributed by atoms with E-state index in [9.17, 15) is 4.79 Å². The Hall–Kier alpha value is -1.43. The molecule has 0 aliphatic carbocycles. The second kappa shape index (κ2) is 6.99. The Morgan fingerprint density at radius 2 is 1.83 bits per heavy atom. The number of ether oxygens (including phenoxy) is 1. The highest BCUT2D eigenvalue weighted by molar-refractivity contribution is 5.94. The van der Waals surface area contributed by atoms with Crippen LogP contribution >= 0.6 is 0 Å². The van der Waals surface area contributed by atoms with Crippen LogP contribution in [-0.4, -0.2) is 60.1 Å². The molecule has 5 nitrogen and oxygen atoms in total. The summed E-state index contributed by atoms with van der Waals surface area (Å²) in [6, 6.07) is 8.13. The first kappa shape index (κ1) is 16.4. The van der Waals surface area contributed by atoms with Gasteiger partial charge < -0.3 is 15.4 Å². The van der Waals surface area contributed by atoms with Crippen molar-refractivity contribution in [2.24, 2.45) is 5.73 Å². The van der Waals surface area contributed by atoms with Gasteiger partial charge in [-0.2, -0.15) is 0 Å². The topological polar surface area (TPSA) is 58.8 Å². The van der Waals surface area contributed by atoms with E-state index < -0.39 is 0 Å². The number of amides is 1.